The zero-order chi connectivity index (χ0) is 19.8. The summed E-state index contributed by atoms with van der Waals surface area (Å²) in [5.74, 6) is 0.645. The Balaban J connectivity index is 1.48. The van der Waals surface area contributed by atoms with Gasteiger partial charge in [0.05, 0.1) is 0 Å². The van der Waals surface area contributed by atoms with E-state index in [-0.39, 0.29) is 17.7 Å². The lowest BCUT2D eigenvalue weighted by Crippen LogP contribution is -2.36. The van der Waals surface area contributed by atoms with Gasteiger partial charge in [-0.3, -0.25) is 9.59 Å². The number of rotatable bonds is 4. The normalized spacial score (nSPS) is 20.3. The summed E-state index contributed by atoms with van der Waals surface area (Å²) in [6.07, 6.45) is 1.82. The van der Waals surface area contributed by atoms with Crippen molar-refractivity contribution in [1.82, 2.24) is 4.90 Å². The highest BCUT2D eigenvalue weighted by Gasteiger charge is 2.39. The van der Waals surface area contributed by atoms with E-state index in [2.05, 4.69) is 35.3 Å². The molecule has 4 rings (SSSR count). The fourth-order valence-corrected chi connectivity index (χ4v) is 3.83. The molecule has 1 fully saturated rings. The molecular weight excluding hydrogens is 350 g/mol. The first-order valence-electron chi connectivity index (χ1n) is 9.91. The third kappa shape index (κ3) is 3.75. The van der Waals surface area contributed by atoms with Crippen LogP contribution in [0.1, 0.15) is 34.8 Å². The van der Waals surface area contributed by atoms with Gasteiger partial charge in [-0.25, -0.2) is 0 Å². The van der Waals surface area contributed by atoms with E-state index in [4.69, 9.17) is 0 Å². The highest BCUT2D eigenvalue weighted by molar-refractivity contribution is 5.98. The maximum atomic E-state index is 13.1. The van der Waals surface area contributed by atoms with Crippen LogP contribution in [0.4, 0.5) is 11.4 Å². The van der Waals surface area contributed by atoms with Crippen LogP contribution >= 0.6 is 0 Å². The van der Waals surface area contributed by atoms with E-state index >= 15 is 0 Å². The van der Waals surface area contributed by atoms with Crippen LogP contribution in [0, 0.1) is 11.8 Å². The van der Waals surface area contributed by atoms with Crippen LogP contribution in [0.15, 0.2) is 42.5 Å². The van der Waals surface area contributed by atoms with Gasteiger partial charge in [0, 0.05) is 50.0 Å². The summed E-state index contributed by atoms with van der Waals surface area (Å²) in [4.78, 5) is 29.2. The first-order valence-corrected chi connectivity index (χ1v) is 9.91. The number of hydrogen-bond donors (Lipinski definition) is 1. The second-order valence-corrected chi connectivity index (χ2v) is 8.21. The van der Waals surface area contributed by atoms with E-state index in [1.807, 2.05) is 37.2 Å². The van der Waals surface area contributed by atoms with Crippen molar-refractivity contribution in [2.24, 2.45) is 11.8 Å². The van der Waals surface area contributed by atoms with Gasteiger partial charge < -0.3 is 15.1 Å². The number of hydrogen-bond acceptors (Lipinski definition) is 3. The van der Waals surface area contributed by atoms with Gasteiger partial charge >= 0.3 is 0 Å². The lowest BCUT2D eigenvalue weighted by molar-refractivity contribution is -0.117. The highest BCUT2D eigenvalue weighted by atomic mass is 16.2. The smallest absolute Gasteiger partial charge is 0.254 e. The van der Waals surface area contributed by atoms with Crippen molar-refractivity contribution in [2.45, 2.75) is 26.3 Å². The monoisotopic (exact) mass is 377 g/mol. The highest BCUT2D eigenvalue weighted by Crippen LogP contribution is 2.38. The Morgan fingerprint density at radius 2 is 1.89 bits per heavy atom. The Bertz CT molecular complexity index is 922. The molecule has 1 saturated carbocycles. The lowest BCUT2D eigenvalue weighted by Gasteiger charge is -2.30. The van der Waals surface area contributed by atoms with Crippen LogP contribution in [0.25, 0.3) is 0 Å². The fraction of sp³-hybridized carbons (Fsp3) is 0.391. The van der Waals surface area contributed by atoms with Gasteiger partial charge in [0.25, 0.3) is 5.91 Å². The number of fused-ring (bicyclic) bond motifs is 1. The molecule has 1 aliphatic heterocycles. The van der Waals surface area contributed by atoms with Gasteiger partial charge in [0.1, 0.15) is 0 Å². The van der Waals surface area contributed by atoms with Crippen LogP contribution in [0.5, 0.6) is 0 Å². The van der Waals surface area contributed by atoms with Crippen molar-refractivity contribution in [3.05, 3.63) is 59.2 Å². The minimum Gasteiger partial charge on any atom is -0.378 e. The second kappa shape index (κ2) is 7.30. The third-order valence-corrected chi connectivity index (χ3v) is 5.83. The number of anilines is 2. The van der Waals surface area contributed by atoms with E-state index in [9.17, 15) is 9.59 Å². The molecule has 5 nitrogen and oxygen atoms in total. The van der Waals surface area contributed by atoms with Gasteiger partial charge in [0.2, 0.25) is 5.91 Å². The molecule has 2 amide bonds. The number of nitrogens with one attached hydrogen (secondary N) is 1. The number of benzene rings is 2. The Kier molecular flexibility index (Phi) is 4.84. The molecule has 1 heterocycles. The summed E-state index contributed by atoms with van der Waals surface area (Å²) in [5, 5.41) is 2.95. The average Bonchev–Trinajstić information content (AvgIpc) is 3.43. The van der Waals surface area contributed by atoms with Gasteiger partial charge in [-0.1, -0.05) is 19.1 Å². The van der Waals surface area contributed by atoms with Crippen molar-refractivity contribution in [3.8, 4) is 0 Å². The van der Waals surface area contributed by atoms with E-state index in [1.54, 1.807) is 6.07 Å². The molecule has 146 valence electrons. The van der Waals surface area contributed by atoms with Crippen LogP contribution in [-0.2, 0) is 17.8 Å². The third-order valence-electron chi connectivity index (χ3n) is 5.83. The Morgan fingerprint density at radius 1 is 1.11 bits per heavy atom. The van der Waals surface area contributed by atoms with Gasteiger partial charge in [-0.2, -0.15) is 0 Å². The number of amides is 2. The summed E-state index contributed by atoms with van der Waals surface area (Å²) < 4.78 is 0. The van der Waals surface area contributed by atoms with Crippen LogP contribution in [0.2, 0.25) is 0 Å². The van der Waals surface area contributed by atoms with Crippen LogP contribution < -0.4 is 10.2 Å². The zero-order valence-corrected chi connectivity index (χ0v) is 16.7. The molecule has 2 aliphatic rings. The van der Waals surface area contributed by atoms with Crippen molar-refractivity contribution < 1.29 is 9.59 Å². The second-order valence-electron chi connectivity index (χ2n) is 8.21. The molecule has 1 N–H and O–H groups in total. The van der Waals surface area contributed by atoms with Crippen molar-refractivity contribution >= 4 is 23.2 Å². The molecule has 28 heavy (non-hydrogen) atoms. The summed E-state index contributed by atoms with van der Waals surface area (Å²) in [6.45, 7) is 3.41. The molecule has 0 aromatic heterocycles. The van der Waals surface area contributed by atoms with Crippen LogP contribution in [0.3, 0.4) is 0 Å². The minimum atomic E-state index is 0.0109. The Morgan fingerprint density at radius 3 is 2.61 bits per heavy atom. The summed E-state index contributed by atoms with van der Waals surface area (Å²) >= 11 is 0. The van der Waals surface area contributed by atoms with Crippen molar-refractivity contribution in [1.29, 1.82) is 0 Å². The van der Waals surface area contributed by atoms with E-state index in [0.29, 0.717) is 30.3 Å². The number of carbonyl (C=O) groups is 2. The van der Waals surface area contributed by atoms with E-state index in [1.165, 1.54) is 11.1 Å². The minimum absolute atomic E-state index is 0.0109. The molecule has 2 aromatic rings. The van der Waals surface area contributed by atoms with E-state index < -0.39 is 0 Å². The lowest BCUT2D eigenvalue weighted by atomic mass is 9.98. The molecule has 0 unspecified atom stereocenters. The average molecular weight is 377 g/mol. The first-order chi connectivity index (χ1) is 13.4. The Hall–Kier alpha value is -2.82. The molecule has 2 atom stereocenters. The predicted molar refractivity (Wildman–Crippen MR) is 112 cm³/mol. The van der Waals surface area contributed by atoms with Gasteiger partial charge in [-0.05, 0) is 60.2 Å². The topological polar surface area (TPSA) is 52.7 Å². The first kappa shape index (κ1) is 18.5. The molecule has 0 spiro atoms. The number of carbonyl (C=O) groups excluding carboxylic acids is 2. The largest absolute Gasteiger partial charge is 0.378 e. The predicted octanol–water partition coefficient (Wildman–Crippen LogP) is 3.55. The maximum Gasteiger partial charge on any atom is 0.254 e. The SMILES string of the molecule is C[C@H]1C[C@H]1C(=O)Nc1cccc(C(=O)N2CCc3ccc(N(C)C)cc3C2)c1. The molecule has 1 aliphatic carbocycles. The van der Waals surface area contributed by atoms with Crippen molar-refractivity contribution in [3.63, 3.8) is 0 Å². The Labute approximate surface area is 166 Å². The fourth-order valence-electron chi connectivity index (χ4n) is 3.83. The maximum absolute atomic E-state index is 13.1. The van der Waals surface area contributed by atoms with Gasteiger partial charge in [0.15, 0.2) is 0 Å². The molecular formula is C23H27N3O2. The molecule has 0 saturated heterocycles. The zero-order valence-electron chi connectivity index (χ0n) is 16.7. The number of nitrogens with zero attached hydrogens (tertiary/aromatic N) is 2. The van der Waals surface area contributed by atoms with Crippen molar-refractivity contribution in [2.75, 3.05) is 30.9 Å². The van der Waals surface area contributed by atoms with Gasteiger partial charge in [-0.15, -0.1) is 0 Å². The van der Waals surface area contributed by atoms with Crippen LogP contribution in [-0.4, -0.2) is 37.4 Å². The standard InChI is InChI=1S/C23H27N3O2/c1-15-11-21(15)22(27)24-19-6-4-5-17(12-19)23(28)26-10-9-16-7-8-20(25(2)3)13-18(16)14-26/h4-8,12-13,15,21H,9-11,14H2,1-3H3,(H,24,27)/t15-,21+/m0/s1. The molecule has 0 bridgehead atoms. The quantitative estimate of drug-likeness (QED) is 0.887. The molecule has 2 aromatic carbocycles. The molecule has 0 radical (unpaired) electrons. The summed E-state index contributed by atoms with van der Waals surface area (Å²) in [7, 11) is 4.05. The van der Waals surface area contributed by atoms with E-state index in [0.717, 1.165) is 18.5 Å². The summed E-state index contributed by atoms with van der Waals surface area (Å²) in [5.41, 5.74) is 4.98. The molecule has 5 heteroatoms. The summed E-state index contributed by atoms with van der Waals surface area (Å²) in [6, 6.07) is 13.8.